The van der Waals surface area contributed by atoms with Crippen molar-refractivity contribution in [2.75, 3.05) is 39.8 Å². The number of likely N-dealkylation sites (N-methyl/N-ethyl adjacent to an activating group) is 1. The molecule has 3 atom stereocenters. The van der Waals surface area contributed by atoms with Crippen LogP contribution in [-0.2, 0) is 16.1 Å². The molecule has 11 nitrogen and oxygen atoms in total. The van der Waals surface area contributed by atoms with E-state index in [0.29, 0.717) is 38.0 Å². The van der Waals surface area contributed by atoms with Crippen molar-refractivity contribution < 1.29 is 23.5 Å². The summed E-state index contributed by atoms with van der Waals surface area (Å²) in [5, 5.41) is 10.8. The van der Waals surface area contributed by atoms with E-state index < -0.39 is 12.1 Å². The standard InChI is InChI=1S/C36H40FN7O4/c1-41-20-22-42(23-21-41)35(46)32(39-34(45)28-11-15-30(16-12-28)44-19-17-38-40-44)8-5-18-43(36(47)48-25-26-6-3-2-4-7-26)33-24-31(33)27-9-13-29(37)14-10-27/h2-4,6-7,9-17,19,31-33H,5,8,18,20-25H2,1H3,(H,39,45)/t31-,32?,33+/m0/s1. The molecule has 0 bridgehead atoms. The van der Waals surface area contributed by atoms with Gasteiger partial charge in [-0.15, -0.1) is 5.10 Å². The van der Waals surface area contributed by atoms with Crippen LogP contribution in [-0.4, -0.2) is 99.5 Å². The highest BCUT2D eigenvalue weighted by Crippen LogP contribution is 2.45. The van der Waals surface area contributed by atoms with Crippen LogP contribution >= 0.6 is 0 Å². The van der Waals surface area contributed by atoms with Gasteiger partial charge in [0.25, 0.3) is 5.91 Å². The number of piperazine rings is 1. The van der Waals surface area contributed by atoms with E-state index in [1.807, 2.05) is 37.4 Å². The highest BCUT2D eigenvalue weighted by Gasteiger charge is 2.45. The molecule has 6 rings (SSSR count). The Morgan fingerprint density at radius 3 is 2.40 bits per heavy atom. The van der Waals surface area contributed by atoms with Gasteiger partial charge in [0.1, 0.15) is 18.5 Å². The molecule has 1 unspecified atom stereocenters. The molecule has 0 spiro atoms. The Morgan fingerprint density at radius 2 is 1.71 bits per heavy atom. The average Bonchev–Trinajstić information content (AvgIpc) is 3.70. The first-order chi connectivity index (χ1) is 23.4. The number of hydrogen-bond acceptors (Lipinski definition) is 7. The smallest absolute Gasteiger partial charge is 0.410 e. The van der Waals surface area contributed by atoms with E-state index in [0.717, 1.165) is 36.3 Å². The average molecular weight is 654 g/mol. The number of aromatic nitrogens is 3. The Morgan fingerprint density at radius 1 is 0.979 bits per heavy atom. The molecule has 1 aromatic heterocycles. The molecular weight excluding hydrogens is 613 g/mol. The van der Waals surface area contributed by atoms with Gasteiger partial charge in [-0.1, -0.05) is 47.7 Å². The number of benzene rings is 3. The van der Waals surface area contributed by atoms with Crippen LogP contribution in [0.5, 0.6) is 0 Å². The van der Waals surface area contributed by atoms with Gasteiger partial charge in [-0.3, -0.25) is 9.59 Å². The summed E-state index contributed by atoms with van der Waals surface area (Å²) in [4.78, 5) is 46.4. The normalized spacial score (nSPS) is 18.2. The fourth-order valence-corrected chi connectivity index (χ4v) is 6.11. The third-order valence-electron chi connectivity index (χ3n) is 9.02. The molecule has 1 N–H and O–H groups in total. The summed E-state index contributed by atoms with van der Waals surface area (Å²) in [5.74, 6) is -0.730. The number of halogens is 1. The third kappa shape index (κ3) is 8.24. The largest absolute Gasteiger partial charge is 0.445 e. The van der Waals surface area contributed by atoms with Crippen LogP contribution in [0.25, 0.3) is 5.69 Å². The minimum Gasteiger partial charge on any atom is -0.445 e. The molecule has 0 radical (unpaired) electrons. The summed E-state index contributed by atoms with van der Waals surface area (Å²) in [6.45, 7) is 3.14. The van der Waals surface area contributed by atoms with Gasteiger partial charge in [0.15, 0.2) is 0 Å². The molecule has 3 amide bonds. The van der Waals surface area contributed by atoms with Gasteiger partial charge >= 0.3 is 6.09 Å². The molecular formula is C36H40FN7O4. The zero-order valence-electron chi connectivity index (χ0n) is 27.0. The van der Waals surface area contributed by atoms with Crippen molar-refractivity contribution in [3.63, 3.8) is 0 Å². The van der Waals surface area contributed by atoms with Crippen molar-refractivity contribution in [1.82, 2.24) is 35.0 Å². The fourth-order valence-electron chi connectivity index (χ4n) is 6.11. The van der Waals surface area contributed by atoms with Crippen LogP contribution in [0.15, 0.2) is 91.3 Å². The molecule has 250 valence electrons. The monoisotopic (exact) mass is 653 g/mol. The molecule has 48 heavy (non-hydrogen) atoms. The van der Waals surface area contributed by atoms with Crippen molar-refractivity contribution >= 4 is 17.9 Å². The number of hydrogen-bond donors (Lipinski definition) is 1. The van der Waals surface area contributed by atoms with Crippen LogP contribution in [0.2, 0.25) is 0 Å². The second kappa shape index (κ2) is 15.2. The predicted octanol–water partition coefficient (Wildman–Crippen LogP) is 4.25. The quantitative estimate of drug-likeness (QED) is 0.243. The van der Waals surface area contributed by atoms with Crippen LogP contribution in [0, 0.1) is 5.82 Å². The first-order valence-electron chi connectivity index (χ1n) is 16.3. The minimum absolute atomic E-state index is 0.0674. The summed E-state index contributed by atoms with van der Waals surface area (Å²) in [6.07, 6.45) is 4.38. The summed E-state index contributed by atoms with van der Waals surface area (Å²) in [5.41, 5.74) is 3.02. The van der Waals surface area contributed by atoms with E-state index >= 15 is 0 Å². The van der Waals surface area contributed by atoms with Crippen LogP contribution < -0.4 is 5.32 Å². The summed E-state index contributed by atoms with van der Waals surface area (Å²) in [7, 11) is 2.02. The van der Waals surface area contributed by atoms with Gasteiger partial charge in [0.05, 0.1) is 18.1 Å². The van der Waals surface area contributed by atoms with E-state index in [1.54, 1.807) is 63.3 Å². The van der Waals surface area contributed by atoms with Gasteiger partial charge in [0, 0.05) is 50.2 Å². The first-order valence-corrected chi connectivity index (χ1v) is 16.3. The summed E-state index contributed by atoms with van der Waals surface area (Å²) in [6, 6.07) is 21.9. The van der Waals surface area contributed by atoms with Crippen molar-refractivity contribution in [3.05, 3.63) is 114 Å². The molecule has 3 aromatic carbocycles. The molecule has 2 fully saturated rings. The van der Waals surface area contributed by atoms with Crippen molar-refractivity contribution in [3.8, 4) is 5.69 Å². The molecule has 1 aliphatic carbocycles. The van der Waals surface area contributed by atoms with E-state index in [4.69, 9.17) is 4.74 Å². The SMILES string of the molecule is CN1CCN(C(=O)C(CCCN(C(=O)OCc2ccccc2)[C@@H]2C[C@H]2c2ccc(F)cc2)NC(=O)c2ccc(-n3ccnn3)cc2)CC1. The molecule has 12 heteroatoms. The van der Waals surface area contributed by atoms with E-state index in [1.165, 1.54) is 12.1 Å². The lowest BCUT2D eigenvalue weighted by Crippen LogP contribution is -2.54. The second-order valence-electron chi connectivity index (χ2n) is 12.4. The van der Waals surface area contributed by atoms with Crippen molar-refractivity contribution in [1.29, 1.82) is 0 Å². The van der Waals surface area contributed by atoms with Gasteiger partial charge in [-0.05, 0) is 73.8 Å². The maximum atomic E-state index is 13.8. The highest BCUT2D eigenvalue weighted by atomic mass is 19.1. The van der Waals surface area contributed by atoms with Gasteiger partial charge in [-0.25, -0.2) is 13.9 Å². The zero-order chi connectivity index (χ0) is 33.5. The number of nitrogens with one attached hydrogen (secondary N) is 1. The third-order valence-corrected chi connectivity index (χ3v) is 9.02. The predicted molar refractivity (Wildman–Crippen MR) is 177 cm³/mol. The minimum atomic E-state index is -0.773. The lowest BCUT2D eigenvalue weighted by atomic mass is 10.1. The van der Waals surface area contributed by atoms with E-state index in [2.05, 4.69) is 20.5 Å². The van der Waals surface area contributed by atoms with Gasteiger partial charge in [0.2, 0.25) is 5.91 Å². The van der Waals surface area contributed by atoms with Crippen molar-refractivity contribution in [2.24, 2.45) is 0 Å². The second-order valence-corrected chi connectivity index (χ2v) is 12.4. The number of rotatable bonds is 12. The number of carbonyl (C=O) groups excluding carboxylic acids is 3. The zero-order valence-corrected chi connectivity index (χ0v) is 27.0. The molecule has 2 aliphatic rings. The first kappa shape index (κ1) is 32.8. The van der Waals surface area contributed by atoms with E-state index in [9.17, 15) is 18.8 Å². The maximum Gasteiger partial charge on any atom is 0.410 e. The molecule has 2 heterocycles. The number of amides is 3. The maximum absolute atomic E-state index is 13.8. The summed E-state index contributed by atoms with van der Waals surface area (Å²) < 4.78 is 20.9. The Labute approximate surface area is 279 Å². The number of carbonyl (C=O) groups is 3. The highest BCUT2D eigenvalue weighted by molar-refractivity contribution is 5.97. The lowest BCUT2D eigenvalue weighted by Gasteiger charge is -2.35. The topological polar surface area (TPSA) is 113 Å². The Bertz CT molecular complexity index is 1660. The van der Waals surface area contributed by atoms with Gasteiger partial charge < -0.3 is 24.8 Å². The van der Waals surface area contributed by atoms with Crippen LogP contribution in [0.4, 0.5) is 9.18 Å². The Kier molecular flexibility index (Phi) is 10.4. The molecule has 1 aliphatic heterocycles. The molecule has 1 saturated carbocycles. The molecule has 1 saturated heterocycles. The van der Waals surface area contributed by atoms with Crippen LogP contribution in [0.3, 0.4) is 0 Å². The van der Waals surface area contributed by atoms with Crippen LogP contribution in [0.1, 0.15) is 46.7 Å². The van der Waals surface area contributed by atoms with Gasteiger partial charge in [-0.2, -0.15) is 0 Å². The number of nitrogens with zero attached hydrogens (tertiary/aromatic N) is 6. The molecule has 4 aromatic rings. The summed E-state index contributed by atoms with van der Waals surface area (Å²) >= 11 is 0. The lowest BCUT2D eigenvalue weighted by molar-refractivity contribution is -0.135. The van der Waals surface area contributed by atoms with Crippen molar-refractivity contribution in [2.45, 2.75) is 43.9 Å². The number of ether oxygens (including phenoxy) is 1. The fraction of sp³-hybridized carbons (Fsp3) is 0.361. The van der Waals surface area contributed by atoms with E-state index in [-0.39, 0.29) is 36.2 Å². The Balaban J connectivity index is 1.14. The Hall–Kier alpha value is -5.10.